The van der Waals surface area contributed by atoms with Crippen LogP contribution in [-0.4, -0.2) is 31.7 Å². The third kappa shape index (κ3) is 4.67. The molecule has 0 heterocycles. The van der Waals surface area contributed by atoms with Gasteiger partial charge in [0.1, 0.15) is 6.54 Å². The van der Waals surface area contributed by atoms with Gasteiger partial charge in [0, 0.05) is 6.54 Å². The third-order valence-electron chi connectivity index (χ3n) is 2.48. The number of ether oxygens (including phenoxy) is 1. The van der Waals surface area contributed by atoms with Gasteiger partial charge in [-0.3, -0.25) is 4.79 Å². The van der Waals surface area contributed by atoms with Gasteiger partial charge in [-0.2, -0.15) is 0 Å². The number of hydrogen-bond donors (Lipinski definition) is 2. The van der Waals surface area contributed by atoms with E-state index in [1.807, 2.05) is 0 Å². The van der Waals surface area contributed by atoms with Gasteiger partial charge in [-0.1, -0.05) is 6.92 Å². The zero-order valence-electron chi connectivity index (χ0n) is 9.26. The van der Waals surface area contributed by atoms with Crippen molar-refractivity contribution < 1.29 is 14.3 Å². The molecule has 15 heavy (non-hydrogen) atoms. The van der Waals surface area contributed by atoms with Gasteiger partial charge in [0.2, 0.25) is 0 Å². The molecule has 0 spiro atoms. The van der Waals surface area contributed by atoms with Crippen LogP contribution in [0.2, 0.25) is 0 Å². The van der Waals surface area contributed by atoms with Crippen LogP contribution in [0.5, 0.6) is 0 Å². The number of carbonyl (C=O) groups excluding carboxylic acids is 2. The van der Waals surface area contributed by atoms with E-state index >= 15 is 0 Å². The molecule has 1 aliphatic rings. The van der Waals surface area contributed by atoms with E-state index in [4.69, 9.17) is 0 Å². The zero-order chi connectivity index (χ0) is 11.3. The van der Waals surface area contributed by atoms with Crippen LogP contribution in [0.3, 0.4) is 0 Å². The maximum Gasteiger partial charge on any atom is 0.325 e. The molecule has 2 N–H and O–H groups in total. The topological polar surface area (TPSA) is 67.4 Å². The Morgan fingerprint density at radius 2 is 2.00 bits per heavy atom. The summed E-state index contributed by atoms with van der Waals surface area (Å²) in [6.45, 7) is 4.78. The molecule has 1 aliphatic carbocycles. The summed E-state index contributed by atoms with van der Waals surface area (Å²) in [4.78, 5) is 22.1. The van der Waals surface area contributed by atoms with Gasteiger partial charge >= 0.3 is 12.0 Å². The van der Waals surface area contributed by atoms with Gasteiger partial charge in [-0.05, 0) is 25.2 Å². The van der Waals surface area contributed by atoms with Crippen molar-refractivity contribution in [2.24, 2.45) is 5.41 Å². The highest BCUT2D eigenvalue weighted by molar-refractivity contribution is 5.80. The molecule has 5 heteroatoms. The molecule has 0 unspecified atom stereocenters. The Hall–Kier alpha value is -1.26. The first kappa shape index (κ1) is 11.8. The quantitative estimate of drug-likeness (QED) is 0.660. The highest BCUT2D eigenvalue weighted by atomic mass is 16.5. The predicted molar refractivity (Wildman–Crippen MR) is 55.4 cm³/mol. The van der Waals surface area contributed by atoms with Crippen LogP contribution in [0, 0.1) is 5.41 Å². The smallest absolute Gasteiger partial charge is 0.325 e. The van der Waals surface area contributed by atoms with Crippen LogP contribution < -0.4 is 10.6 Å². The third-order valence-corrected chi connectivity index (χ3v) is 2.48. The lowest BCUT2D eigenvalue weighted by atomic mass is 10.1. The number of hydrogen-bond acceptors (Lipinski definition) is 3. The van der Waals surface area contributed by atoms with E-state index in [2.05, 4.69) is 22.3 Å². The Morgan fingerprint density at radius 3 is 2.53 bits per heavy atom. The van der Waals surface area contributed by atoms with E-state index < -0.39 is 5.97 Å². The first-order chi connectivity index (χ1) is 7.06. The Kier molecular flexibility index (Phi) is 3.94. The lowest BCUT2D eigenvalue weighted by Gasteiger charge is -2.10. The first-order valence-corrected chi connectivity index (χ1v) is 5.23. The summed E-state index contributed by atoms with van der Waals surface area (Å²) >= 11 is 0. The summed E-state index contributed by atoms with van der Waals surface area (Å²) in [5.41, 5.74) is 0.279. The summed E-state index contributed by atoms with van der Waals surface area (Å²) < 4.78 is 4.67. The number of esters is 1. The normalized spacial score (nSPS) is 16.7. The van der Waals surface area contributed by atoms with Crippen molar-refractivity contribution in [2.75, 3.05) is 19.7 Å². The van der Waals surface area contributed by atoms with E-state index in [0.29, 0.717) is 13.2 Å². The average Bonchev–Trinajstić information content (AvgIpc) is 2.92. The fourth-order valence-electron chi connectivity index (χ4n) is 1.11. The van der Waals surface area contributed by atoms with E-state index in [-0.39, 0.29) is 18.0 Å². The summed E-state index contributed by atoms with van der Waals surface area (Å²) in [7, 11) is 0. The number of carbonyl (C=O) groups is 2. The minimum Gasteiger partial charge on any atom is -0.465 e. The molecule has 0 aromatic rings. The van der Waals surface area contributed by atoms with Crippen LogP contribution in [-0.2, 0) is 9.53 Å². The molecule has 0 aromatic carbocycles. The number of nitrogens with one attached hydrogen (secondary N) is 2. The zero-order valence-corrected chi connectivity index (χ0v) is 9.26. The molecular formula is C10H18N2O3. The molecule has 1 fully saturated rings. The van der Waals surface area contributed by atoms with E-state index in [1.165, 1.54) is 0 Å². The maximum absolute atomic E-state index is 11.2. The minimum absolute atomic E-state index is 0.0730. The van der Waals surface area contributed by atoms with Crippen LogP contribution in [0.1, 0.15) is 26.7 Å². The fraction of sp³-hybridized carbons (Fsp3) is 0.800. The van der Waals surface area contributed by atoms with Gasteiger partial charge in [-0.25, -0.2) is 4.79 Å². The first-order valence-electron chi connectivity index (χ1n) is 5.23. The Labute approximate surface area is 89.6 Å². The Bertz CT molecular complexity index is 249. The molecule has 0 saturated heterocycles. The molecule has 2 amide bonds. The van der Waals surface area contributed by atoms with Gasteiger partial charge in [-0.15, -0.1) is 0 Å². The Morgan fingerprint density at radius 1 is 1.33 bits per heavy atom. The maximum atomic E-state index is 11.2. The second-order valence-electron chi connectivity index (χ2n) is 4.15. The van der Waals surface area contributed by atoms with E-state index in [0.717, 1.165) is 12.8 Å². The average molecular weight is 214 g/mol. The second kappa shape index (κ2) is 5.00. The molecule has 0 aliphatic heterocycles. The standard InChI is InChI=1S/C10H18N2O3/c1-3-15-8(13)6-11-9(14)12-7-10(2)4-5-10/h3-7H2,1-2H3,(H2,11,12,14). The van der Waals surface area contributed by atoms with Crippen molar-refractivity contribution in [1.29, 1.82) is 0 Å². The molecule has 0 atom stereocenters. The van der Waals surface area contributed by atoms with Crippen molar-refractivity contribution in [2.45, 2.75) is 26.7 Å². The van der Waals surface area contributed by atoms with Crippen LogP contribution in [0.25, 0.3) is 0 Å². The van der Waals surface area contributed by atoms with Crippen molar-refractivity contribution in [3.05, 3.63) is 0 Å². The largest absolute Gasteiger partial charge is 0.465 e. The molecule has 5 nitrogen and oxygen atoms in total. The highest BCUT2D eigenvalue weighted by Gasteiger charge is 2.37. The monoisotopic (exact) mass is 214 g/mol. The highest BCUT2D eigenvalue weighted by Crippen LogP contribution is 2.43. The molecule has 1 saturated carbocycles. The summed E-state index contributed by atoms with van der Waals surface area (Å²) in [5, 5.41) is 5.17. The van der Waals surface area contributed by atoms with Crippen molar-refractivity contribution in [3.63, 3.8) is 0 Å². The van der Waals surface area contributed by atoms with Crippen LogP contribution >= 0.6 is 0 Å². The molecule has 1 rings (SSSR count). The summed E-state index contributed by atoms with van der Waals surface area (Å²) in [5.74, 6) is -0.412. The van der Waals surface area contributed by atoms with E-state index in [1.54, 1.807) is 6.92 Å². The SMILES string of the molecule is CCOC(=O)CNC(=O)NCC1(C)CC1. The van der Waals surface area contributed by atoms with Crippen LogP contribution in [0.15, 0.2) is 0 Å². The molecular weight excluding hydrogens is 196 g/mol. The summed E-state index contributed by atoms with van der Waals surface area (Å²) in [6.07, 6.45) is 2.32. The number of amides is 2. The van der Waals surface area contributed by atoms with Gasteiger partial charge < -0.3 is 15.4 Å². The fourth-order valence-corrected chi connectivity index (χ4v) is 1.11. The minimum atomic E-state index is -0.412. The van der Waals surface area contributed by atoms with Crippen molar-refractivity contribution >= 4 is 12.0 Å². The number of rotatable bonds is 5. The lowest BCUT2D eigenvalue weighted by molar-refractivity contribution is -0.141. The van der Waals surface area contributed by atoms with Crippen molar-refractivity contribution in [3.8, 4) is 0 Å². The van der Waals surface area contributed by atoms with Crippen LogP contribution in [0.4, 0.5) is 4.79 Å². The van der Waals surface area contributed by atoms with Gasteiger partial charge in [0.05, 0.1) is 6.61 Å². The van der Waals surface area contributed by atoms with E-state index in [9.17, 15) is 9.59 Å². The number of urea groups is 1. The molecule has 0 radical (unpaired) electrons. The summed E-state index contributed by atoms with van der Waals surface area (Å²) in [6, 6.07) is -0.309. The van der Waals surface area contributed by atoms with Crippen molar-refractivity contribution in [1.82, 2.24) is 10.6 Å². The molecule has 0 aromatic heterocycles. The van der Waals surface area contributed by atoms with Gasteiger partial charge in [0.15, 0.2) is 0 Å². The Balaban J connectivity index is 2.05. The second-order valence-corrected chi connectivity index (χ2v) is 4.15. The predicted octanol–water partition coefficient (Wildman–Crippen LogP) is 0.649. The van der Waals surface area contributed by atoms with Gasteiger partial charge in [0.25, 0.3) is 0 Å². The molecule has 86 valence electrons. The molecule has 0 bridgehead atoms. The lowest BCUT2D eigenvalue weighted by Crippen LogP contribution is -2.40.